The molecular weight excluding hydrogens is 255 g/mol. The van der Waals surface area contributed by atoms with Crippen LogP contribution in [0.5, 0.6) is 0 Å². The molecule has 4 heteroatoms. The predicted octanol–water partition coefficient (Wildman–Crippen LogP) is 2.81. The summed E-state index contributed by atoms with van der Waals surface area (Å²) in [5.41, 5.74) is 6.30. The van der Waals surface area contributed by atoms with Crippen molar-refractivity contribution in [2.24, 2.45) is 11.1 Å². The van der Waals surface area contributed by atoms with Gasteiger partial charge in [-0.2, -0.15) is 0 Å². The maximum absolute atomic E-state index is 12.9. The lowest BCUT2D eigenvalue weighted by molar-refractivity contribution is -0.131. The van der Waals surface area contributed by atoms with Gasteiger partial charge in [-0.05, 0) is 36.5 Å². The summed E-state index contributed by atoms with van der Waals surface area (Å²) >= 11 is 0. The lowest BCUT2D eigenvalue weighted by Gasteiger charge is -2.29. The number of benzene rings is 1. The number of nitrogens with one attached hydrogen (secondary N) is 1. The minimum absolute atomic E-state index is 0.0129. The third kappa shape index (κ3) is 3.79. The van der Waals surface area contributed by atoms with Crippen LogP contribution in [0.4, 0.5) is 4.39 Å². The van der Waals surface area contributed by atoms with Crippen LogP contribution in [0.25, 0.3) is 0 Å². The summed E-state index contributed by atoms with van der Waals surface area (Å²) in [5.74, 6) is -0.0909. The zero-order valence-corrected chi connectivity index (χ0v) is 12.6. The molecule has 0 heterocycles. The molecule has 0 aromatic heterocycles. The minimum Gasteiger partial charge on any atom is -0.355 e. The second-order valence-corrected chi connectivity index (χ2v) is 5.35. The van der Waals surface area contributed by atoms with E-state index in [1.54, 1.807) is 12.1 Å². The second kappa shape index (κ2) is 7.39. The molecule has 20 heavy (non-hydrogen) atoms. The van der Waals surface area contributed by atoms with Crippen molar-refractivity contribution in [1.82, 2.24) is 5.32 Å². The van der Waals surface area contributed by atoms with Crippen molar-refractivity contribution in [3.05, 3.63) is 35.6 Å². The van der Waals surface area contributed by atoms with E-state index in [1.165, 1.54) is 12.1 Å². The number of carbonyl (C=O) groups excluding carboxylic acids is 1. The van der Waals surface area contributed by atoms with Crippen molar-refractivity contribution in [2.75, 3.05) is 13.1 Å². The van der Waals surface area contributed by atoms with Crippen LogP contribution in [0.1, 0.15) is 45.1 Å². The van der Waals surface area contributed by atoms with Gasteiger partial charge < -0.3 is 11.1 Å². The number of carbonyl (C=O) groups is 1. The molecule has 0 bridgehead atoms. The summed E-state index contributed by atoms with van der Waals surface area (Å²) in [7, 11) is 0. The van der Waals surface area contributed by atoms with E-state index in [2.05, 4.69) is 5.32 Å². The second-order valence-electron chi connectivity index (χ2n) is 5.35. The molecule has 0 aliphatic rings. The molecule has 1 unspecified atom stereocenters. The van der Waals surface area contributed by atoms with Crippen molar-refractivity contribution in [1.29, 1.82) is 0 Å². The highest BCUT2D eigenvalue weighted by molar-refractivity contribution is 5.82. The molecule has 1 rings (SSSR count). The van der Waals surface area contributed by atoms with E-state index in [0.29, 0.717) is 13.1 Å². The minimum atomic E-state index is -0.470. The van der Waals surface area contributed by atoms with Gasteiger partial charge in [0, 0.05) is 13.1 Å². The lowest BCUT2D eigenvalue weighted by atomic mass is 9.81. The highest BCUT2D eigenvalue weighted by atomic mass is 19.1. The molecule has 0 aliphatic heterocycles. The third-order valence-electron chi connectivity index (χ3n) is 4.23. The first-order chi connectivity index (χ1) is 9.49. The van der Waals surface area contributed by atoms with Crippen LogP contribution in [-0.2, 0) is 4.79 Å². The smallest absolute Gasteiger partial charge is 0.227 e. The van der Waals surface area contributed by atoms with Crippen molar-refractivity contribution in [2.45, 2.75) is 39.5 Å². The topological polar surface area (TPSA) is 55.1 Å². The molecular formula is C16H25FN2O. The van der Waals surface area contributed by atoms with Crippen LogP contribution in [0.3, 0.4) is 0 Å². The number of halogens is 1. The van der Waals surface area contributed by atoms with Crippen molar-refractivity contribution >= 4 is 5.91 Å². The first-order valence-corrected chi connectivity index (χ1v) is 7.23. The summed E-state index contributed by atoms with van der Waals surface area (Å²) in [6.45, 7) is 6.87. The molecule has 1 atom stereocenters. The Hall–Kier alpha value is -1.42. The van der Waals surface area contributed by atoms with Crippen LogP contribution >= 0.6 is 0 Å². The normalized spacial score (nSPS) is 13.1. The maximum Gasteiger partial charge on any atom is 0.227 e. The Morgan fingerprint density at radius 2 is 1.85 bits per heavy atom. The average Bonchev–Trinajstić information content (AvgIpc) is 2.48. The molecule has 3 N–H and O–H groups in total. The van der Waals surface area contributed by atoms with Crippen molar-refractivity contribution in [3.63, 3.8) is 0 Å². The van der Waals surface area contributed by atoms with E-state index in [1.807, 2.05) is 20.8 Å². The highest BCUT2D eigenvalue weighted by Crippen LogP contribution is 2.25. The molecule has 1 aromatic carbocycles. The van der Waals surface area contributed by atoms with E-state index in [9.17, 15) is 9.18 Å². The van der Waals surface area contributed by atoms with E-state index < -0.39 is 5.41 Å². The summed E-state index contributed by atoms with van der Waals surface area (Å²) in [6, 6.07) is 6.38. The number of amides is 1. The van der Waals surface area contributed by atoms with E-state index in [4.69, 9.17) is 5.73 Å². The van der Waals surface area contributed by atoms with Gasteiger partial charge in [0.1, 0.15) is 5.82 Å². The first-order valence-electron chi connectivity index (χ1n) is 7.23. The number of nitrogens with two attached hydrogens (primary N) is 1. The Morgan fingerprint density at radius 3 is 2.30 bits per heavy atom. The van der Waals surface area contributed by atoms with Gasteiger partial charge in [-0.1, -0.05) is 32.9 Å². The van der Waals surface area contributed by atoms with Crippen molar-refractivity contribution in [3.8, 4) is 0 Å². The van der Waals surface area contributed by atoms with Gasteiger partial charge in [-0.25, -0.2) is 4.39 Å². The fourth-order valence-corrected chi connectivity index (χ4v) is 2.29. The summed E-state index contributed by atoms with van der Waals surface area (Å²) < 4.78 is 12.9. The van der Waals surface area contributed by atoms with E-state index >= 15 is 0 Å². The summed E-state index contributed by atoms with van der Waals surface area (Å²) in [4.78, 5) is 12.3. The monoisotopic (exact) mass is 280 g/mol. The molecule has 112 valence electrons. The van der Waals surface area contributed by atoms with Gasteiger partial charge in [-0.15, -0.1) is 0 Å². The fourth-order valence-electron chi connectivity index (χ4n) is 2.29. The van der Waals surface area contributed by atoms with Gasteiger partial charge in [-0.3, -0.25) is 4.79 Å². The van der Waals surface area contributed by atoms with Crippen LogP contribution in [0.2, 0.25) is 0 Å². The summed E-state index contributed by atoms with van der Waals surface area (Å²) in [5, 5.41) is 2.98. The van der Waals surface area contributed by atoms with E-state index in [-0.39, 0.29) is 17.6 Å². The van der Waals surface area contributed by atoms with Crippen LogP contribution in [0.15, 0.2) is 24.3 Å². The van der Waals surface area contributed by atoms with Gasteiger partial charge in [0.25, 0.3) is 0 Å². The van der Waals surface area contributed by atoms with Gasteiger partial charge >= 0.3 is 0 Å². The van der Waals surface area contributed by atoms with Gasteiger partial charge in [0.15, 0.2) is 0 Å². The predicted molar refractivity (Wildman–Crippen MR) is 79.9 cm³/mol. The molecule has 0 radical (unpaired) electrons. The number of hydrogen-bond acceptors (Lipinski definition) is 2. The van der Waals surface area contributed by atoms with Gasteiger partial charge in [0.05, 0.1) is 5.41 Å². The maximum atomic E-state index is 12.9. The Kier molecular flexibility index (Phi) is 6.14. The largest absolute Gasteiger partial charge is 0.355 e. The van der Waals surface area contributed by atoms with E-state index in [0.717, 1.165) is 18.4 Å². The molecule has 3 nitrogen and oxygen atoms in total. The standard InChI is InChI=1S/C16H25FN2O/c1-4-16(5-2,11-18)15(20)19-10-12(3)13-6-8-14(17)9-7-13/h6-9,12H,4-5,10-11,18H2,1-3H3,(H,19,20). The first kappa shape index (κ1) is 16.6. The zero-order chi connectivity index (χ0) is 15.2. The molecule has 0 aliphatic carbocycles. The molecule has 0 saturated heterocycles. The average molecular weight is 280 g/mol. The Balaban J connectivity index is 2.62. The lowest BCUT2D eigenvalue weighted by Crippen LogP contribution is -2.46. The van der Waals surface area contributed by atoms with Gasteiger partial charge in [0.2, 0.25) is 5.91 Å². The van der Waals surface area contributed by atoms with Crippen LogP contribution in [-0.4, -0.2) is 19.0 Å². The quantitative estimate of drug-likeness (QED) is 0.807. The fraction of sp³-hybridized carbons (Fsp3) is 0.562. The zero-order valence-electron chi connectivity index (χ0n) is 12.6. The molecule has 1 aromatic rings. The molecule has 0 fully saturated rings. The number of rotatable bonds is 7. The third-order valence-corrected chi connectivity index (χ3v) is 4.23. The molecule has 1 amide bonds. The Morgan fingerprint density at radius 1 is 1.30 bits per heavy atom. The molecule has 0 spiro atoms. The van der Waals surface area contributed by atoms with Crippen LogP contribution < -0.4 is 11.1 Å². The Bertz CT molecular complexity index is 418. The summed E-state index contributed by atoms with van der Waals surface area (Å²) in [6.07, 6.45) is 1.47. The highest BCUT2D eigenvalue weighted by Gasteiger charge is 2.33. The molecule has 0 saturated carbocycles. The Labute approximate surface area is 120 Å². The van der Waals surface area contributed by atoms with Crippen molar-refractivity contribution < 1.29 is 9.18 Å². The van der Waals surface area contributed by atoms with Crippen LogP contribution in [0, 0.1) is 11.2 Å². The number of hydrogen-bond donors (Lipinski definition) is 2. The SMILES string of the molecule is CCC(CC)(CN)C(=O)NCC(C)c1ccc(F)cc1.